The summed E-state index contributed by atoms with van der Waals surface area (Å²) in [6.07, 6.45) is 2.67. The molecule has 1 aromatic carbocycles. The van der Waals surface area contributed by atoms with Crippen LogP contribution in [0.25, 0.3) is 0 Å². The monoisotopic (exact) mass is 438 g/mol. The highest BCUT2D eigenvalue weighted by Gasteiger charge is 2.26. The molecule has 2 heterocycles. The van der Waals surface area contributed by atoms with Gasteiger partial charge in [0.15, 0.2) is 6.61 Å². The first-order valence-corrected chi connectivity index (χ1v) is 11.9. The minimum atomic E-state index is -3.52. The number of nitrogens with zero attached hydrogens (tertiary/aromatic N) is 2. The van der Waals surface area contributed by atoms with E-state index >= 15 is 0 Å². The first-order valence-electron chi connectivity index (χ1n) is 10.5. The summed E-state index contributed by atoms with van der Waals surface area (Å²) < 4.78 is 37.0. The quantitative estimate of drug-likeness (QED) is 0.598. The Kier molecular flexibility index (Phi) is 7.85. The molecule has 0 radical (unpaired) electrons. The minimum absolute atomic E-state index is 0.138. The molecule has 0 bridgehead atoms. The fourth-order valence-electron chi connectivity index (χ4n) is 3.73. The number of carbonyl (C=O) groups is 2. The molecule has 1 amide bonds. The van der Waals surface area contributed by atoms with Crippen LogP contribution >= 0.6 is 0 Å². The average molecular weight is 439 g/mol. The van der Waals surface area contributed by atoms with Gasteiger partial charge in [0, 0.05) is 32.6 Å². The van der Waals surface area contributed by atoms with E-state index in [1.54, 1.807) is 29.2 Å². The van der Waals surface area contributed by atoms with Crippen LogP contribution in [0.3, 0.4) is 0 Å². The van der Waals surface area contributed by atoms with Crippen LogP contribution in [0.4, 0.5) is 0 Å². The number of amides is 1. The largest absolute Gasteiger partial charge is 0.456 e. The van der Waals surface area contributed by atoms with Crippen LogP contribution in [0.5, 0.6) is 0 Å². The molecule has 2 saturated heterocycles. The van der Waals surface area contributed by atoms with Gasteiger partial charge in [-0.05, 0) is 42.9 Å². The van der Waals surface area contributed by atoms with Crippen molar-refractivity contribution >= 4 is 21.9 Å². The number of morpholine rings is 1. The van der Waals surface area contributed by atoms with Crippen LogP contribution < -0.4 is 0 Å². The van der Waals surface area contributed by atoms with E-state index < -0.39 is 16.0 Å². The Morgan fingerprint density at radius 1 is 1.13 bits per heavy atom. The number of ether oxygens (including phenoxy) is 2. The SMILES string of the molecule is CC1CCCN(C(=O)COC(=O)CCc2ccc(S(=O)(=O)N3CCOCC3)cc2)C1. The van der Waals surface area contributed by atoms with Crippen molar-refractivity contribution < 1.29 is 27.5 Å². The highest BCUT2D eigenvalue weighted by molar-refractivity contribution is 7.89. The lowest BCUT2D eigenvalue weighted by atomic mass is 10.0. The molecule has 2 aliphatic heterocycles. The Morgan fingerprint density at radius 2 is 1.83 bits per heavy atom. The molecule has 1 atom stereocenters. The second-order valence-electron chi connectivity index (χ2n) is 7.91. The zero-order valence-corrected chi connectivity index (χ0v) is 18.2. The van der Waals surface area contributed by atoms with Crippen molar-refractivity contribution in [1.82, 2.24) is 9.21 Å². The van der Waals surface area contributed by atoms with E-state index in [1.807, 2.05) is 0 Å². The second kappa shape index (κ2) is 10.4. The van der Waals surface area contributed by atoms with Gasteiger partial charge in [0.25, 0.3) is 5.91 Å². The number of hydrogen-bond donors (Lipinski definition) is 0. The summed E-state index contributed by atoms with van der Waals surface area (Å²) in [5.41, 5.74) is 0.837. The summed E-state index contributed by atoms with van der Waals surface area (Å²) in [5, 5.41) is 0. The van der Waals surface area contributed by atoms with E-state index in [0.717, 1.165) is 31.5 Å². The van der Waals surface area contributed by atoms with Crippen molar-refractivity contribution in [1.29, 1.82) is 0 Å². The third-order valence-electron chi connectivity index (χ3n) is 5.52. The lowest BCUT2D eigenvalue weighted by Crippen LogP contribution is -2.41. The van der Waals surface area contributed by atoms with E-state index in [0.29, 0.717) is 38.6 Å². The fraction of sp³-hybridized carbons (Fsp3) is 0.619. The molecule has 166 valence electrons. The Labute approximate surface area is 178 Å². The van der Waals surface area contributed by atoms with Crippen LogP contribution in [-0.4, -0.2) is 75.5 Å². The maximum Gasteiger partial charge on any atom is 0.306 e. The maximum atomic E-state index is 12.6. The number of sulfonamides is 1. The number of piperidine rings is 1. The van der Waals surface area contributed by atoms with Crippen molar-refractivity contribution in [3.63, 3.8) is 0 Å². The predicted molar refractivity (Wildman–Crippen MR) is 110 cm³/mol. The molecule has 1 aromatic rings. The van der Waals surface area contributed by atoms with E-state index in [4.69, 9.17) is 9.47 Å². The number of likely N-dealkylation sites (tertiary alicyclic amines) is 1. The Hall–Kier alpha value is -1.97. The molecule has 1 unspecified atom stereocenters. The lowest BCUT2D eigenvalue weighted by molar-refractivity contribution is -0.152. The summed E-state index contributed by atoms with van der Waals surface area (Å²) in [6, 6.07) is 6.54. The van der Waals surface area contributed by atoms with Gasteiger partial charge in [0.1, 0.15) is 0 Å². The minimum Gasteiger partial charge on any atom is -0.456 e. The molecule has 0 saturated carbocycles. The molecule has 8 nitrogen and oxygen atoms in total. The third kappa shape index (κ3) is 6.02. The number of hydrogen-bond acceptors (Lipinski definition) is 6. The smallest absolute Gasteiger partial charge is 0.306 e. The van der Waals surface area contributed by atoms with Gasteiger partial charge in [0.05, 0.1) is 18.1 Å². The number of aryl methyl sites for hydroxylation is 1. The molecule has 0 N–H and O–H groups in total. The summed E-state index contributed by atoms with van der Waals surface area (Å²) in [4.78, 5) is 26.2. The third-order valence-corrected chi connectivity index (χ3v) is 7.43. The van der Waals surface area contributed by atoms with Gasteiger partial charge in [-0.1, -0.05) is 19.1 Å². The van der Waals surface area contributed by atoms with E-state index in [1.165, 1.54) is 4.31 Å². The van der Waals surface area contributed by atoms with Crippen molar-refractivity contribution in [3.05, 3.63) is 29.8 Å². The topological polar surface area (TPSA) is 93.2 Å². The maximum absolute atomic E-state index is 12.6. The molecular formula is C21H30N2O6S. The first-order chi connectivity index (χ1) is 14.4. The molecule has 2 aliphatic rings. The molecule has 0 aliphatic carbocycles. The zero-order chi connectivity index (χ0) is 21.6. The number of esters is 1. The Bertz CT molecular complexity index is 834. The lowest BCUT2D eigenvalue weighted by Gasteiger charge is -2.30. The fourth-order valence-corrected chi connectivity index (χ4v) is 5.14. The van der Waals surface area contributed by atoms with E-state index in [-0.39, 0.29) is 23.8 Å². The van der Waals surface area contributed by atoms with Gasteiger partial charge in [-0.2, -0.15) is 4.31 Å². The van der Waals surface area contributed by atoms with Crippen molar-refractivity contribution in [2.75, 3.05) is 46.0 Å². The van der Waals surface area contributed by atoms with E-state index in [9.17, 15) is 18.0 Å². The molecule has 3 rings (SSSR count). The van der Waals surface area contributed by atoms with Crippen LogP contribution in [0.1, 0.15) is 31.7 Å². The number of rotatable bonds is 7. The van der Waals surface area contributed by atoms with Crippen LogP contribution in [0.2, 0.25) is 0 Å². The van der Waals surface area contributed by atoms with Gasteiger partial charge in [0.2, 0.25) is 10.0 Å². The number of carbonyl (C=O) groups excluding carboxylic acids is 2. The summed E-state index contributed by atoms with van der Waals surface area (Å²) in [7, 11) is -3.52. The molecular weight excluding hydrogens is 408 g/mol. The first kappa shape index (κ1) is 22.7. The average Bonchev–Trinajstić information content (AvgIpc) is 2.77. The summed E-state index contributed by atoms with van der Waals surface area (Å²) in [6.45, 7) is 4.84. The van der Waals surface area contributed by atoms with Crippen molar-refractivity contribution in [2.24, 2.45) is 5.92 Å². The van der Waals surface area contributed by atoms with Crippen molar-refractivity contribution in [2.45, 2.75) is 37.5 Å². The van der Waals surface area contributed by atoms with Gasteiger partial charge in [-0.3, -0.25) is 9.59 Å². The normalized spacial score (nSPS) is 20.7. The number of benzene rings is 1. The molecule has 0 spiro atoms. The van der Waals surface area contributed by atoms with Gasteiger partial charge in [-0.15, -0.1) is 0 Å². The molecule has 0 aromatic heterocycles. The summed E-state index contributed by atoms with van der Waals surface area (Å²) >= 11 is 0. The molecule has 9 heteroatoms. The standard InChI is InChI=1S/C21H30N2O6S/c1-17-3-2-10-22(15-17)20(24)16-29-21(25)9-6-18-4-7-19(8-5-18)30(26,27)23-11-13-28-14-12-23/h4-5,7-8,17H,2-3,6,9-16H2,1H3. The van der Waals surface area contributed by atoms with Crippen LogP contribution in [0.15, 0.2) is 29.2 Å². The molecule has 2 fully saturated rings. The Morgan fingerprint density at radius 3 is 2.50 bits per heavy atom. The van der Waals surface area contributed by atoms with Crippen LogP contribution in [0, 0.1) is 5.92 Å². The van der Waals surface area contributed by atoms with Crippen LogP contribution in [-0.2, 0) is 35.5 Å². The highest BCUT2D eigenvalue weighted by Crippen LogP contribution is 2.18. The van der Waals surface area contributed by atoms with Gasteiger partial charge < -0.3 is 14.4 Å². The second-order valence-corrected chi connectivity index (χ2v) is 9.85. The van der Waals surface area contributed by atoms with Gasteiger partial charge >= 0.3 is 5.97 Å². The summed E-state index contributed by atoms with van der Waals surface area (Å²) in [5.74, 6) is -0.0978. The zero-order valence-electron chi connectivity index (χ0n) is 17.4. The van der Waals surface area contributed by atoms with Crippen molar-refractivity contribution in [3.8, 4) is 0 Å². The van der Waals surface area contributed by atoms with Gasteiger partial charge in [-0.25, -0.2) is 8.42 Å². The van der Waals surface area contributed by atoms with E-state index in [2.05, 4.69) is 6.92 Å². The predicted octanol–water partition coefficient (Wildman–Crippen LogP) is 1.44. The Balaban J connectivity index is 1.44. The molecule has 30 heavy (non-hydrogen) atoms. The highest BCUT2D eigenvalue weighted by atomic mass is 32.2.